The number of rotatable bonds is 4. The Morgan fingerprint density at radius 1 is 0.867 bits per heavy atom. The maximum Gasteiger partial charge on any atom is 0.256 e. The molecule has 5 rings (SSSR count). The third-order valence-corrected chi connectivity index (χ3v) is 6.80. The van der Waals surface area contributed by atoms with Crippen LogP contribution in [0.2, 0.25) is 0 Å². The second-order valence-corrected chi connectivity index (χ2v) is 8.72. The SMILES string of the molecule is O=C(c1ccc(NC2c3ccccc3C(=O)N2C2CCCCC2)cc1)N1CCCC1. The third kappa shape index (κ3) is 3.47. The maximum absolute atomic E-state index is 13.2. The summed E-state index contributed by atoms with van der Waals surface area (Å²) >= 11 is 0. The Balaban J connectivity index is 1.38. The largest absolute Gasteiger partial charge is 0.361 e. The zero-order valence-electron chi connectivity index (χ0n) is 17.3. The fourth-order valence-corrected chi connectivity index (χ4v) is 5.19. The predicted molar refractivity (Wildman–Crippen MR) is 117 cm³/mol. The van der Waals surface area contributed by atoms with Crippen LogP contribution in [0.4, 0.5) is 5.69 Å². The average molecular weight is 404 g/mol. The fraction of sp³-hybridized carbons (Fsp3) is 0.440. The minimum absolute atomic E-state index is 0.115. The Morgan fingerprint density at radius 3 is 2.30 bits per heavy atom. The van der Waals surface area contributed by atoms with Gasteiger partial charge >= 0.3 is 0 Å². The number of carbonyl (C=O) groups is 2. The highest BCUT2D eigenvalue weighted by molar-refractivity contribution is 6.00. The molecule has 1 saturated heterocycles. The molecule has 5 nitrogen and oxygen atoms in total. The number of benzene rings is 2. The first-order chi connectivity index (χ1) is 14.7. The van der Waals surface area contributed by atoms with Crippen LogP contribution in [0.5, 0.6) is 0 Å². The van der Waals surface area contributed by atoms with Crippen molar-refractivity contribution in [2.75, 3.05) is 18.4 Å². The molecule has 1 N–H and O–H groups in total. The molecule has 1 atom stereocenters. The molecule has 1 unspecified atom stereocenters. The summed E-state index contributed by atoms with van der Waals surface area (Å²) in [5.41, 5.74) is 3.52. The first kappa shape index (κ1) is 19.2. The van der Waals surface area contributed by atoms with Gasteiger partial charge in [-0.15, -0.1) is 0 Å². The number of nitrogens with zero attached hydrogens (tertiary/aromatic N) is 2. The van der Waals surface area contributed by atoms with Gasteiger partial charge in [0.15, 0.2) is 0 Å². The van der Waals surface area contributed by atoms with Gasteiger partial charge in [-0.3, -0.25) is 9.59 Å². The van der Waals surface area contributed by atoms with Crippen LogP contribution >= 0.6 is 0 Å². The zero-order chi connectivity index (χ0) is 20.5. The summed E-state index contributed by atoms with van der Waals surface area (Å²) in [4.78, 5) is 29.8. The molecule has 3 aliphatic rings. The van der Waals surface area contributed by atoms with Crippen molar-refractivity contribution < 1.29 is 9.59 Å². The molecule has 1 saturated carbocycles. The van der Waals surface area contributed by atoms with E-state index in [0.29, 0.717) is 0 Å². The molecular weight excluding hydrogens is 374 g/mol. The van der Waals surface area contributed by atoms with E-state index < -0.39 is 0 Å². The van der Waals surface area contributed by atoms with Gasteiger partial charge in [-0.05, 0) is 56.0 Å². The number of fused-ring (bicyclic) bond motifs is 1. The van der Waals surface area contributed by atoms with E-state index in [1.807, 2.05) is 47.4 Å². The molecule has 30 heavy (non-hydrogen) atoms. The van der Waals surface area contributed by atoms with Gasteiger partial charge in [0.05, 0.1) is 0 Å². The molecule has 0 spiro atoms. The predicted octanol–water partition coefficient (Wildman–Crippen LogP) is 4.82. The molecule has 2 fully saturated rings. The lowest BCUT2D eigenvalue weighted by molar-refractivity contribution is 0.0600. The highest BCUT2D eigenvalue weighted by Crippen LogP contribution is 2.39. The number of nitrogens with one attached hydrogen (secondary N) is 1. The Hall–Kier alpha value is -2.82. The minimum Gasteiger partial charge on any atom is -0.361 e. The van der Waals surface area contributed by atoms with Crippen LogP contribution in [-0.2, 0) is 0 Å². The molecule has 5 heteroatoms. The molecule has 1 aliphatic carbocycles. The van der Waals surface area contributed by atoms with Gasteiger partial charge in [0.2, 0.25) is 0 Å². The highest BCUT2D eigenvalue weighted by atomic mass is 16.2. The van der Waals surface area contributed by atoms with Crippen LogP contribution < -0.4 is 5.32 Å². The van der Waals surface area contributed by atoms with Crippen LogP contribution in [0.15, 0.2) is 48.5 Å². The van der Waals surface area contributed by atoms with E-state index in [-0.39, 0.29) is 24.0 Å². The lowest BCUT2D eigenvalue weighted by atomic mass is 9.94. The van der Waals surface area contributed by atoms with Gasteiger partial charge in [0, 0.05) is 41.5 Å². The first-order valence-electron chi connectivity index (χ1n) is 11.3. The summed E-state index contributed by atoms with van der Waals surface area (Å²) in [7, 11) is 0. The quantitative estimate of drug-likeness (QED) is 0.796. The molecular formula is C25H29N3O2. The van der Waals surface area contributed by atoms with E-state index >= 15 is 0 Å². The second kappa shape index (κ2) is 8.13. The van der Waals surface area contributed by atoms with Crippen LogP contribution in [0.3, 0.4) is 0 Å². The summed E-state index contributed by atoms with van der Waals surface area (Å²) < 4.78 is 0. The average Bonchev–Trinajstić information content (AvgIpc) is 3.42. The summed E-state index contributed by atoms with van der Waals surface area (Å²) in [6.07, 6.45) is 7.81. The van der Waals surface area contributed by atoms with E-state index in [1.165, 1.54) is 19.3 Å². The summed E-state index contributed by atoms with van der Waals surface area (Å²) in [5, 5.41) is 3.59. The Morgan fingerprint density at radius 2 is 1.57 bits per heavy atom. The molecule has 0 radical (unpaired) electrons. The molecule has 2 amide bonds. The van der Waals surface area contributed by atoms with Crippen molar-refractivity contribution in [2.45, 2.75) is 57.2 Å². The van der Waals surface area contributed by atoms with Gasteiger partial charge in [-0.2, -0.15) is 0 Å². The lowest BCUT2D eigenvalue weighted by Gasteiger charge is -2.36. The van der Waals surface area contributed by atoms with Crippen molar-refractivity contribution in [3.8, 4) is 0 Å². The van der Waals surface area contributed by atoms with Crippen LogP contribution in [0, 0.1) is 0 Å². The van der Waals surface area contributed by atoms with Gasteiger partial charge in [0.1, 0.15) is 6.17 Å². The molecule has 2 aromatic rings. The number of carbonyl (C=O) groups excluding carboxylic acids is 2. The van der Waals surface area contributed by atoms with Crippen molar-refractivity contribution >= 4 is 17.5 Å². The van der Waals surface area contributed by atoms with Crippen molar-refractivity contribution in [3.63, 3.8) is 0 Å². The molecule has 2 heterocycles. The van der Waals surface area contributed by atoms with E-state index in [0.717, 1.165) is 61.2 Å². The Labute approximate surface area is 178 Å². The maximum atomic E-state index is 13.2. The van der Waals surface area contributed by atoms with Gasteiger partial charge < -0.3 is 15.1 Å². The lowest BCUT2D eigenvalue weighted by Crippen LogP contribution is -2.42. The number of hydrogen-bond acceptors (Lipinski definition) is 3. The Bertz CT molecular complexity index is 928. The number of anilines is 1. The van der Waals surface area contributed by atoms with E-state index in [9.17, 15) is 9.59 Å². The Kier molecular flexibility index (Phi) is 5.19. The first-order valence-corrected chi connectivity index (χ1v) is 11.3. The number of amides is 2. The third-order valence-electron chi connectivity index (χ3n) is 6.80. The number of likely N-dealkylation sites (tertiary alicyclic amines) is 1. The van der Waals surface area contributed by atoms with E-state index in [2.05, 4.69) is 16.3 Å². The van der Waals surface area contributed by atoms with Crippen molar-refractivity contribution in [3.05, 3.63) is 65.2 Å². The molecule has 0 bridgehead atoms. The highest BCUT2D eigenvalue weighted by Gasteiger charge is 2.40. The molecule has 2 aliphatic heterocycles. The van der Waals surface area contributed by atoms with Crippen LogP contribution in [-0.4, -0.2) is 40.7 Å². The standard InChI is InChI=1S/C25H29N3O2/c29-24(27-16-6-7-17-27)18-12-14-19(15-13-18)26-23-21-10-4-5-11-22(21)25(30)28(23)20-8-2-1-3-9-20/h4-5,10-15,20,23,26H,1-3,6-9,16-17H2. The topological polar surface area (TPSA) is 52.7 Å². The fourth-order valence-electron chi connectivity index (χ4n) is 5.19. The molecule has 0 aromatic heterocycles. The van der Waals surface area contributed by atoms with Crippen LogP contribution in [0.1, 0.15) is 77.4 Å². The van der Waals surface area contributed by atoms with Crippen molar-refractivity contribution in [2.24, 2.45) is 0 Å². The van der Waals surface area contributed by atoms with Crippen LogP contribution in [0.25, 0.3) is 0 Å². The monoisotopic (exact) mass is 403 g/mol. The summed E-state index contributed by atoms with van der Waals surface area (Å²) in [6.45, 7) is 1.71. The number of hydrogen-bond donors (Lipinski definition) is 1. The molecule has 2 aromatic carbocycles. The van der Waals surface area contributed by atoms with Gasteiger partial charge in [-0.1, -0.05) is 37.5 Å². The normalized spacial score (nSPS) is 21.7. The minimum atomic E-state index is -0.156. The van der Waals surface area contributed by atoms with Crippen molar-refractivity contribution in [1.82, 2.24) is 9.80 Å². The van der Waals surface area contributed by atoms with Crippen molar-refractivity contribution in [1.29, 1.82) is 0 Å². The molecule has 156 valence electrons. The van der Waals surface area contributed by atoms with E-state index in [1.54, 1.807) is 0 Å². The summed E-state index contributed by atoms with van der Waals surface area (Å²) in [5.74, 6) is 0.250. The van der Waals surface area contributed by atoms with E-state index in [4.69, 9.17) is 0 Å². The smallest absolute Gasteiger partial charge is 0.256 e. The second-order valence-electron chi connectivity index (χ2n) is 8.72. The zero-order valence-corrected chi connectivity index (χ0v) is 17.3. The van der Waals surface area contributed by atoms with Gasteiger partial charge in [-0.25, -0.2) is 0 Å². The van der Waals surface area contributed by atoms with Gasteiger partial charge in [0.25, 0.3) is 11.8 Å². The summed E-state index contributed by atoms with van der Waals surface area (Å²) in [6, 6.07) is 16.0.